The van der Waals surface area contributed by atoms with Crippen molar-refractivity contribution in [3.05, 3.63) is 0 Å². The van der Waals surface area contributed by atoms with E-state index in [1.54, 1.807) is 0 Å². The number of hydrogen-bond donors (Lipinski definition) is 3. The molecular formula is C14H23N3O4. The zero-order chi connectivity index (χ0) is 15.4. The van der Waals surface area contributed by atoms with Crippen LogP contribution in [0, 0.1) is 11.8 Å². The number of carboxylic acids is 1. The smallest absolute Gasteiger partial charge is 0.303 e. The van der Waals surface area contributed by atoms with E-state index in [-0.39, 0.29) is 42.7 Å². The molecule has 7 nitrogen and oxygen atoms in total. The number of amides is 2. The summed E-state index contributed by atoms with van der Waals surface area (Å²) in [5.74, 6) is -0.579. The highest BCUT2D eigenvalue weighted by Crippen LogP contribution is 2.26. The first-order valence-corrected chi connectivity index (χ1v) is 7.48. The lowest BCUT2D eigenvalue weighted by molar-refractivity contribution is -0.139. The van der Waals surface area contributed by atoms with Gasteiger partial charge in [-0.15, -0.1) is 0 Å². The third-order valence-corrected chi connectivity index (χ3v) is 4.38. The van der Waals surface area contributed by atoms with Gasteiger partial charge in [0.1, 0.15) is 6.04 Å². The summed E-state index contributed by atoms with van der Waals surface area (Å²) in [6.07, 6.45) is 2.01. The van der Waals surface area contributed by atoms with Crippen LogP contribution in [0.15, 0.2) is 0 Å². The lowest BCUT2D eigenvalue weighted by atomic mass is 9.84. The maximum absolute atomic E-state index is 12.4. The van der Waals surface area contributed by atoms with Crippen LogP contribution < -0.4 is 10.6 Å². The van der Waals surface area contributed by atoms with Crippen LogP contribution >= 0.6 is 0 Å². The average molecular weight is 297 g/mol. The van der Waals surface area contributed by atoms with E-state index in [9.17, 15) is 14.4 Å². The highest BCUT2D eigenvalue weighted by Gasteiger charge is 2.32. The molecule has 2 amide bonds. The maximum atomic E-state index is 12.4. The molecule has 0 saturated carbocycles. The second kappa shape index (κ2) is 6.89. The van der Waals surface area contributed by atoms with Gasteiger partial charge in [-0.2, -0.15) is 0 Å². The Balaban J connectivity index is 1.89. The summed E-state index contributed by atoms with van der Waals surface area (Å²) in [5.41, 5.74) is 0. The molecule has 0 aromatic rings. The number of likely N-dealkylation sites (tertiary alicyclic amines) is 1. The lowest BCUT2D eigenvalue weighted by Crippen LogP contribution is -2.59. The first-order valence-electron chi connectivity index (χ1n) is 7.48. The monoisotopic (exact) mass is 297 g/mol. The molecule has 2 rings (SSSR count). The zero-order valence-corrected chi connectivity index (χ0v) is 12.3. The molecule has 7 heteroatoms. The van der Waals surface area contributed by atoms with Gasteiger partial charge in [0.05, 0.1) is 6.54 Å². The van der Waals surface area contributed by atoms with Gasteiger partial charge in [0.25, 0.3) is 0 Å². The molecule has 21 heavy (non-hydrogen) atoms. The number of piperazine rings is 1. The molecule has 2 aliphatic heterocycles. The molecule has 0 spiro atoms. The molecule has 0 bridgehead atoms. The second-order valence-electron chi connectivity index (χ2n) is 6.00. The van der Waals surface area contributed by atoms with E-state index in [4.69, 9.17) is 5.11 Å². The summed E-state index contributed by atoms with van der Waals surface area (Å²) < 4.78 is 0. The van der Waals surface area contributed by atoms with Crippen molar-refractivity contribution < 1.29 is 19.5 Å². The van der Waals surface area contributed by atoms with Crippen molar-refractivity contribution in [2.45, 2.75) is 32.2 Å². The van der Waals surface area contributed by atoms with Crippen molar-refractivity contribution in [2.75, 3.05) is 26.2 Å². The first-order chi connectivity index (χ1) is 9.97. The standard InChI is InChI=1S/C14H23N3O4/c1-9(5-13(19)20)10-3-2-4-17(8-10)14(21)11-6-16-12(18)7-15-11/h9-11,15H,2-8H2,1H3,(H,16,18)(H,19,20). The number of piperidine rings is 1. The molecule has 0 aromatic carbocycles. The van der Waals surface area contributed by atoms with Gasteiger partial charge in [-0.3, -0.25) is 19.7 Å². The van der Waals surface area contributed by atoms with Gasteiger partial charge < -0.3 is 15.3 Å². The fourth-order valence-electron chi connectivity index (χ4n) is 3.08. The fraction of sp³-hybridized carbons (Fsp3) is 0.786. The Morgan fingerprint density at radius 1 is 1.48 bits per heavy atom. The number of nitrogens with one attached hydrogen (secondary N) is 2. The van der Waals surface area contributed by atoms with Crippen LogP contribution in [0.3, 0.4) is 0 Å². The number of nitrogens with zero attached hydrogens (tertiary/aromatic N) is 1. The van der Waals surface area contributed by atoms with E-state index in [0.717, 1.165) is 12.8 Å². The maximum Gasteiger partial charge on any atom is 0.303 e. The number of aliphatic carboxylic acids is 1. The molecule has 0 aromatic heterocycles. The minimum atomic E-state index is -0.789. The predicted molar refractivity (Wildman–Crippen MR) is 75.5 cm³/mol. The average Bonchev–Trinajstić information content (AvgIpc) is 2.47. The Kier molecular flexibility index (Phi) is 5.17. The van der Waals surface area contributed by atoms with Crippen LogP contribution in [0.4, 0.5) is 0 Å². The molecular weight excluding hydrogens is 274 g/mol. The minimum absolute atomic E-state index is 0.00206. The van der Waals surface area contributed by atoms with Crippen LogP contribution in [0.1, 0.15) is 26.2 Å². The molecule has 2 heterocycles. The van der Waals surface area contributed by atoms with Gasteiger partial charge in [0.2, 0.25) is 11.8 Å². The summed E-state index contributed by atoms with van der Waals surface area (Å²) in [6.45, 7) is 3.75. The largest absolute Gasteiger partial charge is 0.481 e. The normalized spacial score (nSPS) is 27.9. The van der Waals surface area contributed by atoms with Gasteiger partial charge in [-0.25, -0.2) is 0 Å². The fourth-order valence-corrected chi connectivity index (χ4v) is 3.08. The van der Waals surface area contributed by atoms with Crippen molar-refractivity contribution >= 4 is 17.8 Å². The Bertz CT molecular complexity index is 416. The number of carbonyl (C=O) groups excluding carboxylic acids is 2. The third-order valence-electron chi connectivity index (χ3n) is 4.38. The molecule has 118 valence electrons. The number of carbonyl (C=O) groups is 3. The summed E-state index contributed by atoms with van der Waals surface area (Å²) in [5, 5.41) is 14.5. The first kappa shape index (κ1) is 15.8. The van der Waals surface area contributed by atoms with Crippen molar-refractivity contribution in [2.24, 2.45) is 11.8 Å². The van der Waals surface area contributed by atoms with E-state index in [0.29, 0.717) is 19.6 Å². The molecule has 2 fully saturated rings. The number of carboxylic acid groups (broad SMARTS) is 1. The molecule has 2 saturated heterocycles. The van der Waals surface area contributed by atoms with Gasteiger partial charge in [0.15, 0.2) is 0 Å². The molecule has 2 aliphatic rings. The quantitative estimate of drug-likeness (QED) is 0.645. The van der Waals surface area contributed by atoms with Crippen LogP contribution in [0.25, 0.3) is 0 Å². The Labute approximate surface area is 124 Å². The van der Waals surface area contributed by atoms with E-state index in [2.05, 4.69) is 10.6 Å². The highest BCUT2D eigenvalue weighted by molar-refractivity contribution is 5.86. The summed E-state index contributed by atoms with van der Waals surface area (Å²) in [6, 6.07) is -0.365. The van der Waals surface area contributed by atoms with Crippen molar-refractivity contribution in [3.63, 3.8) is 0 Å². The summed E-state index contributed by atoms with van der Waals surface area (Å²) in [4.78, 5) is 36.2. The van der Waals surface area contributed by atoms with E-state index >= 15 is 0 Å². The van der Waals surface area contributed by atoms with Gasteiger partial charge >= 0.3 is 5.97 Å². The Hall–Kier alpha value is -1.63. The zero-order valence-electron chi connectivity index (χ0n) is 12.3. The van der Waals surface area contributed by atoms with Crippen LogP contribution in [0.2, 0.25) is 0 Å². The number of hydrogen-bond acceptors (Lipinski definition) is 4. The minimum Gasteiger partial charge on any atom is -0.481 e. The Morgan fingerprint density at radius 2 is 2.24 bits per heavy atom. The van der Waals surface area contributed by atoms with Gasteiger partial charge in [-0.1, -0.05) is 6.92 Å². The van der Waals surface area contributed by atoms with Crippen molar-refractivity contribution in [1.29, 1.82) is 0 Å². The summed E-state index contributed by atoms with van der Waals surface area (Å²) in [7, 11) is 0. The molecule has 0 aliphatic carbocycles. The second-order valence-corrected chi connectivity index (χ2v) is 6.00. The molecule has 3 N–H and O–H groups in total. The van der Waals surface area contributed by atoms with E-state index < -0.39 is 5.97 Å². The molecule has 3 unspecified atom stereocenters. The topological polar surface area (TPSA) is 98.7 Å². The summed E-state index contributed by atoms with van der Waals surface area (Å²) >= 11 is 0. The van der Waals surface area contributed by atoms with Crippen LogP contribution in [-0.2, 0) is 14.4 Å². The Morgan fingerprint density at radius 3 is 2.86 bits per heavy atom. The number of rotatable bonds is 4. The van der Waals surface area contributed by atoms with Crippen molar-refractivity contribution in [1.82, 2.24) is 15.5 Å². The highest BCUT2D eigenvalue weighted by atomic mass is 16.4. The molecule has 0 radical (unpaired) electrons. The van der Waals surface area contributed by atoms with Crippen molar-refractivity contribution in [3.8, 4) is 0 Å². The lowest BCUT2D eigenvalue weighted by Gasteiger charge is -2.38. The van der Waals surface area contributed by atoms with E-state index in [1.165, 1.54) is 0 Å². The van der Waals surface area contributed by atoms with E-state index in [1.807, 2.05) is 11.8 Å². The molecule has 3 atom stereocenters. The third kappa shape index (κ3) is 4.17. The van der Waals surface area contributed by atoms with Gasteiger partial charge in [-0.05, 0) is 24.7 Å². The van der Waals surface area contributed by atoms with Crippen LogP contribution in [0.5, 0.6) is 0 Å². The van der Waals surface area contributed by atoms with Gasteiger partial charge in [0, 0.05) is 26.1 Å². The predicted octanol–water partition coefficient (Wildman–Crippen LogP) is -0.576. The SMILES string of the molecule is CC(CC(=O)O)C1CCCN(C(=O)C2CNC(=O)CN2)C1. The van der Waals surface area contributed by atoms with Crippen LogP contribution in [-0.4, -0.2) is 60.0 Å².